The van der Waals surface area contributed by atoms with Gasteiger partial charge in [-0.3, -0.25) is 19.2 Å². The van der Waals surface area contributed by atoms with Crippen LogP contribution in [0, 0.1) is 5.82 Å². The molecule has 2 aromatic heterocycles. The van der Waals surface area contributed by atoms with Crippen LogP contribution in [0.1, 0.15) is 50.9 Å². The normalized spacial score (nSPS) is 15.4. The molecule has 9 heteroatoms. The smallest absolute Gasteiger partial charge is 0.261 e. The van der Waals surface area contributed by atoms with Crippen molar-refractivity contribution in [1.29, 1.82) is 0 Å². The van der Waals surface area contributed by atoms with E-state index in [4.69, 9.17) is 5.73 Å². The van der Waals surface area contributed by atoms with Gasteiger partial charge < -0.3 is 21.0 Å². The van der Waals surface area contributed by atoms with Crippen LogP contribution in [-0.4, -0.2) is 21.8 Å². The summed E-state index contributed by atoms with van der Waals surface area (Å²) in [5, 5.41) is 3.39. The zero-order chi connectivity index (χ0) is 23.3. The Bertz CT molecular complexity index is 1590. The van der Waals surface area contributed by atoms with Crippen LogP contribution < -0.4 is 22.0 Å². The first-order valence-electron chi connectivity index (χ1n) is 10.4. The molecule has 1 unspecified atom stereocenters. The Balaban J connectivity index is 1.59. The van der Waals surface area contributed by atoms with Crippen molar-refractivity contribution in [2.45, 2.75) is 25.3 Å². The fraction of sp³-hybridized carbons (Fsp3) is 0.167. The molecule has 8 nitrogen and oxygen atoms in total. The molecular formula is C24H19FN4O4. The molecule has 0 bridgehead atoms. The second-order valence-corrected chi connectivity index (χ2v) is 8.07. The van der Waals surface area contributed by atoms with Crippen molar-refractivity contribution >= 4 is 33.6 Å². The maximum Gasteiger partial charge on any atom is 0.261 e. The summed E-state index contributed by atoms with van der Waals surface area (Å²) in [7, 11) is 0. The van der Waals surface area contributed by atoms with Gasteiger partial charge in [0.05, 0.1) is 22.6 Å². The molecule has 2 aromatic carbocycles. The van der Waals surface area contributed by atoms with E-state index in [0.717, 1.165) is 0 Å². The standard InChI is InChI=1S/C24H19FN4O4/c25-16-7-2-5-12-20(16)29-19-11(21(12)30)4-1-6-13(19)23(32)27-17-8-3-9-18-14(17)10-15(22(26)31)24(33)28-18/h1-2,4-7,10,17H,3,8-9H2,(H2,26,31)(H,27,32)(H,28,33)(H,29,30). The summed E-state index contributed by atoms with van der Waals surface area (Å²) in [5.41, 5.74) is 5.90. The number of H-pyrrole nitrogens is 2. The molecule has 0 spiro atoms. The van der Waals surface area contributed by atoms with Crippen molar-refractivity contribution in [3.63, 3.8) is 0 Å². The Morgan fingerprint density at radius 3 is 2.48 bits per heavy atom. The fourth-order valence-corrected chi connectivity index (χ4v) is 4.49. The van der Waals surface area contributed by atoms with Crippen LogP contribution in [0.15, 0.2) is 52.1 Å². The number of amides is 2. The van der Waals surface area contributed by atoms with Gasteiger partial charge in [0, 0.05) is 16.5 Å². The fourth-order valence-electron chi connectivity index (χ4n) is 4.49. The number of hydrogen-bond donors (Lipinski definition) is 4. The summed E-state index contributed by atoms with van der Waals surface area (Å²) in [5.74, 6) is -1.92. The third kappa shape index (κ3) is 3.38. The number of nitrogens with one attached hydrogen (secondary N) is 3. The maximum absolute atomic E-state index is 14.4. The summed E-state index contributed by atoms with van der Waals surface area (Å²) in [6.07, 6.45) is 1.90. The first-order valence-corrected chi connectivity index (χ1v) is 10.4. The Morgan fingerprint density at radius 1 is 1.00 bits per heavy atom. The molecule has 1 aliphatic rings. The zero-order valence-corrected chi connectivity index (χ0v) is 17.3. The topological polar surface area (TPSA) is 138 Å². The molecule has 0 saturated heterocycles. The molecular weight excluding hydrogens is 427 g/mol. The van der Waals surface area contributed by atoms with Gasteiger partial charge in [-0.1, -0.05) is 12.1 Å². The average molecular weight is 446 g/mol. The number of carbonyl (C=O) groups is 2. The molecule has 0 aliphatic heterocycles. The average Bonchev–Trinajstić information content (AvgIpc) is 2.79. The van der Waals surface area contributed by atoms with Crippen LogP contribution in [0.2, 0.25) is 0 Å². The van der Waals surface area contributed by atoms with Gasteiger partial charge in [-0.05, 0) is 55.2 Å². The number of primary amides is 1. The van der Waals surface area contributed by atoms with Gasteiger partial charge in [0.2, 0.25) is 0 Å². The molecule has 2 heterocycles. The second kappa shape index (κ2) is 7.70. The van der Waals surface area contributed by atoms with Crippen molar-refractivity contribution in [3.05, 3.63) is 91.2 Å². The van der Waals surface area contributed by atoms with Gasteiger partial charge >= 0.3 is 0 Å². The molecule has 33 heavy (non-hydrogen) atoms. The van der Waals surface area contributed by atoms with Crippen LogP contribution >= 0.6 is 0 Å². The molecule has 0 saturated carbocycles. The number of aromatic amines is 2. The van der Waals surface area contributed by atoms with E-state index in [0.29, 0.717) is 30.5 Å². The number of pyridine rings is 2. The van der Waals surface area contributed by atoms with Gasteiger partial charge in [0.25, 0.3) is 17.4 Å². The first kappa shape index (κ1) is 20.6. The van der Waals surface area contributed by atoms with E-state index >= 15 is 0 Å². The van der Waals surface area contributed by atoms with Crippen molar-refractivity contribution in [1.82, 2.24) is 15.3 Å². The van der Waals surface area contributed by atoms with E-state index in [9.17, 15) is 23.6 Å². The quantitative estimate of drug-likeness (QED) is 0.359. The van der Waals surface area contributed by atoms with E-state index in [1.807, 2.05) is 0 Å². The largest absolute Gasteiger partial charge is 0.365 e. The predicted octanol–water partition coefficient (Wildman–Crippen LogP) is 2.41. The minimum absolute atomic E-state index is 0.0296. The molecule has 1 aliphatic carbocycles. The molecule has 166 valence electrons. The summed E-state index contributed by atoms with van der Waals surface area (Å²) in [4.78, 5) is 55.5. The van der Waals surface area contributed by atoms with Crippen LogP contribution in [0.3, 0.4) is 0 Å². The van der Waals surface area contributed by atoms with Gasteiger partial charge in [0.1, 0.15) is 11.4 Å². The minimum atomic E-state index is -0.852. The highest BCUT2D eigenvalue weighted by Crippen LogP contribution is 2.29. The monoisotopic (exact) mass is 446 g/mol. The first-order chi connectivity index (χ1) is 15.8. The lowest BCUT2D eigenvalue weighted by Gasteiger charge is -2.26. The van der Waals surface area contributed by atoms with Crippen LogP contribution in [0.25, 0.3) is 21.8 Å². The highest BCUT2D eigenvalue weighted by atomic mass is 19.1. The minimum Gasteiger partial charge on any atom is -0.365 e. The number of halogens is 1. The van der Waals surface area contributed by atoms with Crippen molar-refractivity contribution < 1.29 is 14.0 Å². The number of aryl methyl sites for hydroxylation is 1. The Kier molecular flexibility index (Phi) is 4.81. The summed E-state index contributed by atoms with van der Waals surface area (Å²) in [6, 6.07) is 9.89. The summed E-state index contributed by atoms with van der Waals surface area (Å²) in [6.45, 7) is 0. The Hall–Kier alpha value is -4.27. The van der Waals surface area contributed by atoms with Crippen LogP contribution in [0.5, 0.6) is 0 Å². The molecule has 2 amide bonds. The lowest BCUT2D eigenvalue weighted by atomic mass is 9.90. The third-order valence-electron chi connectivity index (χ3n) is 6.09. The number of para-hydroxylation sites is 2. The molecule has 0 radical (unpaired) electrons. The van der Waals surface area contributed by atoms with Gasteiger partial charge in [0.15, 0.2) is 5.43 Å². The van der Waals surface area contributed by atoms with E-state index in [-0.39, 0.29) is 38.4 Å². The maximum atomic E-state index is 14.4. The van der Waals surface area contributed by atoms with E-state index < -0.39 is 29.2 Å². The Labute approximate surface area is 185 Å². The lowest BCUT2D eigenvalue weighted by molar-refractivity contribution is 0.0933. The SMILES string of the molecule is NC(=O)c1cc2c([nH]c1=O)CCCC2NC(=O)c1cccc2c(=O)c3cccc(F)c3[nH]c12. The van der Waals surface area contributed by atoms with Gasteiger partial charge in [-0.2, -0.15) is 0 Å². The third-order valence-corrected chi connectivity index (χ3v) is 6.09. The molecule has 1 atom stereocenters. The highest BCUT2D eigenvalue weighted by Gasteiger charge is 2.26. The van der Waals surface area contributed by atoms with Crippen LogP contribution in [-0.2, 0) is 6.42 Å². The van der Waals surface area contributed by atoms with E-state index in [2.05, 4.69) is 15.3 Å². The molecule has 5 rings (SSSR count). The Morgan fingerprint density at radius 2 is 1.73 bits per heavy atom. The van der Waals surface area contributed by atoms with E-state index in [1.54, 1.807) is 18.2 Å². The van der Waals surface area contributed by atoms with Crippen molar-refractivity contribution in [3.8, 4) is 0 Å². The molecule has 4 aromatic rings. The summed E-state index contributed by atoms with van der Waals surface area (Å²) < 4.78 is 14.4. The number of carbonyl (C=O) groups excluding carboxylic acids is 2. The number of rotatable bonds is 3. The summed E-state index contributed by atoms with van der Waals surface area (Å²) >= 11 is 0. The number of nitrogens with two attached hydrogens (primary N) is 1. The number of hydrogen-bond acceptors (Lipinski definition) is 4. The van der Waals surface area contributed by atoms with Gasteiger partial charge in [-0.25, -0.2) is 4.39 Å². The van der Waals surface area contributed by atoms with Crippen molar-refractivity contribution in [2.24, 2.45) is 5.73 Å². The predicted molar refractivity (Wildman–Crippen MR) is 121 cm³/mol. The van der Waals surface area contributed by atoms with E-state index in [1.165, 1.54) is 24.3 Å². The lowest BCUT2D eigenvalue weighted by Crippen LogP contribution is -2.34. The molecule has 5 N–H and O–H groups in total. The number of fused-ring (bicyclic) bond motifs is 3. The van der Waals surface area contributed by atoms with Gasteiger partial charge in [-0.15, -0.1) is 0 Å². The second-order valence-electron chi connectivity index (χ2n) is 8.07. The number of aromatic nitrogens is 2. The zero-order valence-electron chi connectivity index (χ0n) is 17.3. The number of benzene rings is 2. The highest BCUT2D eigenvalue weighted by molar-refractivity contribution is 6.07. The van der Waals surface area contributed by atoms with Crippen molar-refractivity contribution in [2.75, 3.05) is 0 Å². The van der Waals surface area contributed by atoms with Crippen LogP contribution in [0.4, 0.5) is 4.39 Å². The molecule has 0 fully saturated rings.